The van der Waals surface area contributed by atoms with Gasteiger partial charge in [0.15, 0.2) is 5.82 Å². The molecule has 3 aromatic rings. The number of amides is 2. The van der Waals surface area contributed by atoms with Crippen molar-refractivity contribution in [1.29, 1.82) is 0 Å². The number of urea groups is 1. The molecule has 1 aromatic carbocycles. The highest BCUT2D eigenvalue weighted by Crippen LogP contribution is 2.22. The predicted molar refractivity (Wildman–Crippen MR) is 111 cm³/mol. The number of nitrogens with one attached hydrogen (secondary N) is 1. The minimum Gasteiger partial charge on any atom is -0.497 e. The zero-order chi connectivity index (χ0) is 20.8. The molecule has 0 aliphatic carbocycles. The van der Waals surface area contributed by atoms with Gasteiger partial charge in [-0.15, -0.1) is 0 Å². The van der Waals surface area contributed by atoms with E-state index in [-0.39, 0.29) is 6.03 Å². The number of benzene rings is 1. The van der Waals surface area contributed by atoms with E-state index in [0.29, 0.717) is 37.1 Å². The molecule has 156 valence electrons. The van der Waals surface area contributed by atoms with Crippen molar-refractivity contribution in [2.45, 2.75) is 25.8 Å². The lowest BCUT2D eigenvalue weighted by Crippen LogP contribution is -2.45. The molecular weight excluding hydrogens is 382 g/mol. The van der Waals surface area contributed by atoms with Crippen LogP contribution in [-0.4, -0.2) is 46.3 Å². The molecule has 1 atom stereocenters. The number of aromatic nitrogens is 3. The number of piperidine rings is 1. The topological polar surface area (TPSA) is 93.4 Å². The number of carbonyl (C=O) groups excluding carboxylic acids is 1. The monoisotopic (exact) mass is 407 g/mol. The quantitative estimate of drug-likeness (QED) is 0.674. The van der Waals surface area contributed by atoms with Gasteiger partial charge in [0.1, 0.15) is 5.75 Å². The summed E-state index contributed by atoms with van der Waals surface area (Å²) in [5.41, 5.74) is 1.89. The van der Waals surface area contributed by atoms with Crippen LogP contribution in [0.25, 0.3) is 11.5 Å². The molecular formula is C22H25N5O3. The second kappa shape index (κ2) is 9.39. The van der Waals surface area contributed by atoms with Crippen molar-refractivity contribution in [2.24, 2.45) is 5.92 Å². The highest BCUT2D eigenvalue weighted by Gasteiger charge is 2.25. The Morgan fingerprint density at radius 3 is 2.80 bits per heavy atom. The number of nitrogens with zero attached hydrogens (tertiary/aromatic N) is 4. The van der Waals surface area contributed by atoms with Gasteiger partial charge >= 0.3 is 6.03 Å². The van der Waals surface area contributed by atoms with Gasteiger partial charge in [0.2, 0.25) is 0 Å². The summed E-state index contributed by atoms with van der Waals surface area (Å²) in [5.74, 6) is 2.29. The lowest BCUT2D eigenvalue weighted by Gasteiger charge is -2.32. The number of rotatable bonds is 6. The van der Waals surface area contributed by atoms with Crippen molar-refractivity contribution in [3.63, 3.8) is 0 Å². The Morgan fingerprint density at radius 2 is 2.03 bits per heavy atom. The second-order valence-electron chi connectivity index (χ2n) is 7.42. The number of ether oxygens (including phenoxy) is 1. The van der Waals surface area contributed by atoms with Gasteiger partial charge in [0.05, 0.1) is 7.11 Å². The summed E-state index contributed by atoms with van der Waals surface area (Å²) in [7, 11) is 1.64. The lowest BCUT2D eigenvalue weighted by molar-refractivity contribution is 0.164. The SMILES string of the molecule is COc1ccc(CNC(=O)N2CCCC(Cc3noc(-c4ccncc4)n3)C2)cc1. The normalized spacial score (nSPS) is 16.3. The largest absolute Gasteiger partial charge is 0.497 e. The molecule has 1 unspecified atom stereocenters. The maximum Gasteiger partial charge on any atom is 0.317 e. The lowest BCUT2D eigenvalue weighted by atomic mass is 9.95. The van der Waals surface area contributed by atoms with Crippen molar-refractivity contribution in [2.75, 3.05) is 20.2 Å². The van der Waals surface area contributed by atoms with Gasteiger partial charge in [-0.1, -0.05) is 17.3 Å². The van der Waals surface area contributed by atoms with Crippen LogP contribution in [0.5, 0.6) is 5.75 Å². The van der Waals surface area contributed by atoms with E-state index in [1.165, 1.54) is 0 Å². The summed E-state index contributed by atoms with van der Waals surface area (Å²) >= 11 is 0. The van der Waals surface area contributed by atoms with Crippen LogP contribution in [0, 0.1) is 5.92 Å². The maximum atomic E-state index is 12.6. The summed E-state index contributed by atoms with van der Waals surface area (Å²) in [6, 6.07) is 11.3. The van der Waals surface area contributed by atoms with Gasteiger partial charge in [0, 0.05) is 44.0 Å². The molecule has 0 bridgehead atoms. The molecule has 1 aliphatic heterocycles. The molecule has 1 aliphatic rings. The Kier molecular flexibility index (Phi) is 6.22. The number of methoxy groups -OCH3 is 1. The molecule has 8 nitrogen and oxygen atoms in total. The first-order valence-corrected chi connectivity index (χ1v) is 10.1. The summed E-state index contributed by atoms with van der Waals surface area (Å²) in [4.78, 5) is 23.0. The second-order valence-corrected chi connectivity index (χ2v) is 7.42. The Labute approximate surface area is 175 Å². The maximum absolute atomic E-state index is 12.6. The van der Waals surface area contributed by atoms with Gasteiger partial charge in [-0.25, -0.2) is 4.79 Å². The third-order valence-electron chi connectivity index (χ3n) is 5.28. The van der Waals surface area contributed by atoms with E-state index >= 15 is 0 Å². The van der Waals surface area contributed by atoms with Gasteiger partial charge in [-0.05, 0) is 48.6 Å². The highest BCUT2D eigenvalue weighted by molar-refractivity contribution is 5.74. The van der Waals surface area contributed by atoms with Crippen molar-refractivity contribution in [3.8, 4) is 17.2 Å². The third-order valence-corrected chi connectivity index (χ3v) is 5.28. The fourth-order valence-corrected chi connectivity index (χ4v) is 3.66. The Morgan fingerprint density at radius 1 is 1.23 bits per heavy atom. The van der Waals surface area contributed by atoms with Gasteiger partial charge in [-0.3, -0.25) is 4.98 Å². The summed E-state index contributed by atoms with van der Waals surface area (Å²) in [6.45, 7) is 1.94. The van der Waals surface area contributed by atoms with Crippen LogP contribution in [0.2, 0.25) is 0 Å². The Bertz CT molecular complexity index is 958. The number of likely N-dealkylation sites (tertiary alicyclic amines) is 1. The smallest absolute Gasteiger partial charge is 0.317 e. The molecule has 8 heteroatoms. The van der Waals surface area contributed by atoms with E-state index in [9.17, 15) is 4.79 Å². The third kappa shape index (κ3) is 4.94. The fraction of sp³-hybridized carbons (Fsp3) is 0.364. The van der Waals surface area contributed by atoms with Gasteiger partial charge in [0.25, 0.3) is 5.89 Å². The van der Waals surface area contributed by atoms with Crippen LogP contribution >= 0.6 is 0 Å². The van der Waals surface area contributed by atoms with E-state index in [1.807, 2.05) is 41.3 Å². The van der Waals surface area contributed by atoms with Crippen LogP contribution in [0.3, 0.4) is 0 Å². The minimum atomic E-state index is -0.0406. The molecule has 1 saturated heterocycles. The molecule has 30 heavy (non-hydrogen) atoms. The van der Waals surface area contributed by atoms with Crippen molar-refractivity contribution in [3.05, 3.63) is 60.2 Å². The number of pyridine rings is 1. The molecule has 2 aromatic heterocycles. The van der Waals surface area contributed by atoms with Crippen molar-refractivity contribution < 1.29 is 14.1 Å². The molecule has 4 rings (SSSR count). The van der Waals surface area contributed by atoms with Crippen LogP contribution in [0.4, 0.5) is 4.79 Å². The summed E-state index contributed by atoms with van der Waals surface area (Å²) < 4.78 is 10.5. The molecule has 3 heterocycles. The molecule has 0 spiro atoms. The first-order chi connectivity index (χ1) is 14.7. The van der Waals surface area contributed by atoms with Crippen LogP contribution < -0.4 is 10.1 Å². The zero-order valence-corrected chi connectivity index (χ0v) is 17.0. The summed E-state index contributed by atoms with van der Waals surface area (Å²) in [5, 5.41) is 7.12. The van der Waals surface area contributed by atoms with Gasteiger partial charge in [-0.2, -0.15) is 4.98 Å². The van der Waals surface area contributed by atoms with E-state index in [0.717, 1.165) is 36.3 Å². The number of hydrogen-bond donors (Lipinski definition) is 1. The molecule has 2 amide bonds. The first kappa shape index (κ1) is 19.9. The summed E-state index contributed by atoms with van der Waals surface area (Å²) in [6.07, 6.45) is 6.10. The van der Waals surface area contributed by atoms with Crippen LogP contribution in [-0.2, 0) is 13.0 Å². The Hall–Kier alpha value is -3.42. The molecule has 0 radical (unpaired) electrons. The highest BCUT2D eigenvalue weighted by atomic mass is 16.5. The minimum absolute atomic E-state index is 0.0406. The Balaban J connectivity index is 1.29. The van der Waals surface area contributed by atoms with E-state index in [1.54, 1.807) is 19.5 Å². The first-order valence-electron chi connectivity index (χ1n) is 10.1. The number of hydrogen-bond acceptors (Lipinski definition) is 6. The van der Waals surface area contributed by atoms with Gasteiger partial charge < -0.3 is 19.5 Å². The van der Waals surface area contributed by atoms with E-state index in [2.05, 4.69) is 20.4 Å². The van der Waals surface area contributed by atoms with E-state index < -0.39 is 0 Å². The van der Waals surface area contributed by atoms with E-state index in [4.69, 9.17) is 9.26 Å². The van der Waals surface area contributed by atoms with Crippen molar-refractivity contribution in [1.82, 2.24) is 25.3 Å². The van der Waals surface area contributed by atoms with Crippen molar-refractivity contribution >= 4 is 6.03 Å². The molecule has 1 fully saturated rings. The fourth-order valence-electron chi connectivity index (χ4n) is 3.66. The van der Waals surface area contributed by atoms with Crippen LogP contribution in [0.1, 0.15) is 24.2 Å². The van der Waals surface area contributed by atoms with Crippen LogP contribution in [0.15, 0.2) is 53.3 Å². The number of carbonyl (C=O) groups is 1. The molecule has 0 saturated carbocycles. The standard InChI is InChI=1S/C22H25N5O3/c1-29-19-6-4-16(5-7-19)14-24-22(28)27-12-2-3-17(15-27)13-20-25-21(30-26-20)18-8-10-23-11-9-18/h4-11,17H,2-3,12-15H2,1H3,(H,24,28). The average Bonchev–Trinajstić information content (AvgIpc) is 3.27. The zero-order valence-electron chi connectivity index (χ0n) is 17.0. The average molecular weight is 407 g/mol. The molecule has 1 N–H and O–H groups in total. The predicted octanol–water partition coefficient (Wildman–Crippen LogP) is 3.30.